The Morgan fingerprint density at radius 2 is 2.07 bits per heavy atom. The lowest BCUT2D eigenvalue weighted by molar-refractivity contribution is -0.140. The molecule has 7 nitrogen and oxygen atoms in total. The van der Waals surface area contributed by atoms with E-state index in [1.807, 2.05) is 29.2 Å². The van der Waals surface area contributed by atoms with Gasteiger partial charge in [-0.1, -0.05) is 34.5 Å². The first-order valence-corrected chi connectivity index (χ1v) is 10.3. The fourth-order valence-corrected chi connectivity index (χ4v) is 3.71. The Kier molecular flexibility index (Phi) is 7.08. The molecule has 0 saturated heterocycles. The maximum atomic E-state index is 12.9. The van der Waals surface area contributed by atoms with Gasteiger partial charge >= 0.3 is 12.0 Å². The minimum atomic E-state index is -0.206. The number of rotatable bonds is 7. The van der Waals surface area contributed by atoms with E-state index in [1.165, 1.54) is 7.11 Å². The van der Waals surface area contributed by atoms with Crippen LogP contribution in [0.2, 0.25) is 0 Å². The third-order valence-corrected chi connectivity index (χ3v) is 5.46. The second kappa shape index (κ2) is 9.73. The predicted octanol–water partition coefficient (Wildman–Crippen LogP) is 3.56. The molecule has 1 aliphatic heterocycles. The minimum Gasteiger partial charge on any atom is -0.469 e. The zero-order valence-electron chi connectivity index (χ0n) is 15.9. The second-order valence-corrected chi connectivity index (χ2v) is 7.70. The van der Waals surface area contributed by atoms with Gasteiger partial charge < -0.3 is 19.9 Å². The van der Waals surface area contributed by atoms with Gasteiger partial charge in [-0.2, -0.15) is 0 Å². The number of esters is 1. The molecule has 28 heavy (non-hydrogen) atoms. The summed E-state index contributed by atoms with van der Waals surface area (Å²) in [6.07, 6.45) is 5.34. The molecule has 150 valence electrons. The van der Waals surface area contributed by atoms with Crippen molar-refractivity contribution in [3.05, 3.63) is 52.0 Å². The van der Waals surface area contributed by atoms with Crippen molar-refractivity contribution in [1.82, 2.24) is 20.2 Å². The highest BCUT2D eigenvalue weighted by Crippen LogP contribution is 2.33. The lowest BCUT2D eigenvalue weighted by atomic mass is 9.96. The molecule has 1 aromatic heterocycles. The number of unbranched alkanes of at least 4 members (excludes halogenated alkanes) is 2. The van der Waals surface area contributed by atoms with E-state index in [4.69, 9.17) is 0 Å². The first-order valence-electron chi connectivity index (χ1n) is 9.49. The molecule has 1 unspecified atom stereocenters. The van der Waals surface area contributed by atoms with Crippen molar-refractivity contribution in [1.29, 1.82) is 0 Å². The van der Waals surface area contributed by atoms with Gasteiger partial charge in [0.1, 0.15) is 6.04 Å². The zero-order chi connectivity index (χ0) is 19.9. The van der Waals surface area contributed by atoms with Gasteiger partial charge in [0.25, 0.3) is 0 Å². The molecule has 2 amide bonds. The number of methoxy groups -OCH3 is 1. The molecule has 2 heterocycles. The van der Waals surface area contributed by atoms with Gasteiger partial charge in [0.2, 0.25) is 0 Å². The molecule has 0 saturated carbocycles. The van der Waals surface area contributed by atoms with Crippen LogP contribution in [-0.4, -0.2) is 47.1 Å². The highest BCUT2D eigenvalue weighted by Gasteiger charge is 2.33. The number of carbonyl (C=O) groups excluding carboxylic acids is 2. The van der Waals surface area contributed by atoms with E-state index < -0.39 is 0 Å². The van der Waals surface area contributed by atoms with E-state index in [2.05, 4.69) is 36.0 Å². The summed E-state index contributed by atoms with van der Waals surface area (Å²) in [5, 5.41) is 3.01. The highest BCUT2D eigenvalue weighted by atomic mass is 79.9. The van der Waals surface area contributed by atoms with Crippen LogP contribution < -0.4 is 5.32 Å². The molecule has 0 aliphatic carbocycles. The Morgan fingerprint density at radius 3 is 2.82 bits per heavy atom. The monoisotopic (exact) mass is 448 g/mol. The van der Waals surface area contributed by atoms with Crippen LogP contribution in [0.5, 0.6) is 0 Å². The fraction of sp³-hybridized carbons (Fsp3) is 0.450. The minimum absolute atomic E-state index is 0.0884. The SMILES string of the molecule is COC(=O)CCCCCNC(=O)N1CCc2[nH]cnc2C1c1ccc(Br)cc1. The van der Waals surface area contributed by atoms with Crippen molar-refractivity contribution in [2.75, 3.05) is 20.2 Å². The molecule has 1 atom stereocenters. The molecule has 8 heteroatoms. The number of amides is 2. The normalized spacial score (nSPS) is 15.8. The first kappa shape index (κ1) is 20.4. The average Bonchev–Trinajstić information content (AvgIpc) is 3.19. The number of benzene rings is 1. The summed E-state index contributed by atoms with van der Waals surface area (Å²) < 4.78 is 5.63. The van der Waals surface area contributed by atoms with Crippen LogP contribution in [-0.2, 0) is 16.0 Å². The molecule has 0 fully saturated rings. The van der Waals surface area contributed by atoms with Crippen LogP contribution in [0, 0.1) is 0 Å². The van der Waals surface area contributed by atoms with Crippen LogP contribution in [0.1, 0.15) is 48.7 Å². The topological polar surface area (TPSA) is 87.3 Å². The smallest absolute Gasteiger partial charge is 0.318 e. The van der Waals surface area contributed by atoms with Gasteiger partial charge in [-0.3, -0.25) is 4.79 Å². The van der Waals surface area contributed by atoms with E-state index in [9.17, 15) is 9.59 Å². The number of halogens is 1. The van der Waals surface area contributed by atoms with Crippen LogP contribution >= 0.6 is 15.9 Å². The number of nitrogens with one attached hydrogen (secondary N) is 2. The molecular weight excluding hydrogens is 424 g/mol. The third kappa shape index (κ3) is 4.92. The van der Waals surface area contributed by atoms with Gasteiger partial charge in [0.15, 0.2) is 0 Å². The Hall–Kier alpha value is -2.35. The summed E-state index contributed by atoms with van der Waals surface area (Å²) in [5.74, 6) is -0.190. The summed E-state index contributed by atoms with van der Waals surface area (Å²) in [4.78, 5) is 33.5. The van der Waals surface area contributed by atoms with Gasteiger partial charge in [0.05, 0.1) is 19.1 Å². The lowest BCUT2D eigenvalue weighted by Gasteiger charge is -2.35. The molecular formula is C20H25BrN4O3. The van der Waals surface area contributed by atoms with Gasteiger partial charge in [-0.25, -0.2) is 9.78 Å². The van der Waals surface area contributed by atoms with Gasteiger partial charge in [-0.05, 0) is 30.5 Å². The van der Waals surface area contributed by atoms with Gasteiger partial charge in [0, 0.05) is 36.1 Å². The number of ether oxygens (including phenoxy) is 1. The Labute approximate surface area is 173 Å². The van der Waals surface area contributed by atoms with Crippen molar-refractivity contribution in [2.45, 2.75) is 38.1 Å². The van der Waals surface area contributed by atoms with Crippen molar-refractivity contribution < 1.29 is 14.3 Å². The number of imidazole rings is 1. The summed E-state index contributed by atoms with van der Waals surface area (Å²) in [5.41, 5.74) is 3.02. The Morgan fingerprint density at radius 1 is 1.29 bits per heavy atom. The molecule has 3 rings (SSSR count). The van der Waals surface area contributed by atoms with Crippen LogP contribution in [0.4, 0.5) is 4.79 Å². The zero-order valence-corrected chi connectivity index (χ0v) is 17.5. The predicted molar refractivity (Wildman–Crippen MR) is 109 cm³/mol. The maximum Gasteiger partial charge on any atom is 0.318 e. The molecule has 1 aliphatic rings. The van der Waals surface area contributed by atoms with E-state index in [0.29, 0.717) is 19.5 Å². The summed E-state index contributed by atoms with van der Waals surface area (Å²) in [6, 6.07) is 7.70. The number of H-pyrrole nitrogens is 1. The fourth-order valence-electron chi connectivity index (χ4n) is 3.45. The molecule has 2 aromatic rings. The first-order chi connectivity index (χ1) is 13.6. The van der Waals surface area contributed by atoms with Crippen molar-refractivity contribution in [2.24, 2.45) is 0 Å². The van der Waals surface area contributed by atoms with Crippen LogP contribution in [0.3, 0.4) is 0 Å². The number of aromatic nitrogens is 2. The number of hydrogen-bond acceptors (Lipinski definition) is 4. The quantitative estimate of drug-likeness (QED) is 0.500. The molecule has 0 radical (unpaired) electrons. The van der Waals surface area contributed by atoms with Crippen molar-refractivity contribution >= 4 is 27.9 Å². The van der Waals surface area contributed by atoms with E-state index >= 15 is 0 Å². The van der Waals surface area contributed by atoms with E-state index in [1.54, 1.807) is 6.33 Å². The number of hydrogen-bond donors (Lipinski definition) is 2. The second-order valence-electron chi connectivity index (χ2n) is 6.78. The third-order valence-electron chi connectivity index (χ3n) is 4.93. The summed E-state index contributed by atoms with van der Waals surface area (Å²) in [6.45, 7) is 1.21. The summed E-state index contributed by atoms with van der Waals surface area (Å²) in [7, 11) is 1.40. The number of urea groups is 1. The van der Waals surface area contributed by atoms with E-state index in [-0.39, 0.29) is 18.0 Å². The molecule has 0 bridgehead atoms. The summed E-state index contributed by atoms with van der Waals surface area (Å²) >= 11 is 3.46. The molecule has 0 spiro atoms. The maximum absolute atomic E-state index is 12.9. The number of carbonyl (C=O) groups is 2. The Balaban J connectivity index is 1.60. The van der Waals surface area contributed by atoms with Crippen LogP contribution in [0.25, 0.3) is 0 Å². The lowest BCUT2D eigenvalue weighted by Crippen LogP contribution is -2.46. The van der Waals surface area contributed by atoms with Gasteiger partial charge in [-0.15, -0.1) is 0 Å². The Bertz CT molecular complexity index is 806. The van der Waals surface area contributed by atoms with Crippen LogP contribution in [0.15, 0.2) is 35.1 Å². The molecule has 1 aromatic carbocycles. The van der Waals surface area contributed by atoms with E-state index in [0.717, 1.165) is 47.1 Å². The van der Waals surface area contributed by atoms with Crippen molar-refractivity contribution in [3.63, 3.8) is 0 Å². The number of fused-ring (bicyclic) bond motifs is 1. The van der Waals surface area contributed by atoms with Crippen molar-refractivity contribution in [3.8, 4) is 0 Å². The standard InChI is InChI=1S/C20H25BrN4O3/c1-28-17(26)5-3-2-4-11-22-20(27)25-12-10-16-18(24-13-23-16)19(25)14-6-8-15(21)9-7-14/h6-9,13,19H,2-5,10-12H2,1H3,(H,22,27)(H,23,24). The highest BCUT2D eigenvalue weighted by molar-refractivity contribution is 9.10. The number of nitrogens with zero attached hydrogens (tertiary/aromatic N) is 2. The average molecular weight is 449 g/mol. The number of aromatic amines is 1. The largest absolute Gasteiger partial charge is 0.469 e. The molecule has 2 N–H and O–H groups in total.